The minimum Gasteiger partial charge on any atom is -0.465 e. The number of anilines is 2. The molecule has 2 aromatic rings. The highest BCUT2D eigenvalue weighted by atomic mass is 35.5. The first-order valence-corrected chi connectivity index (χ1v) is 6.28. The zero-order valence-electron chi connectivity index (χ0n) is 9.84. The maximum Gasteiger partial charge on any atom is 0.351 e. The Morgan fingerprint density at radius 3 is 2.50 bits per heavy atom. The number of carbonyl (C=O) groups is 1. The Labute approximate surface area is 120 Å². The van der Waals surface area contributed by atoms with E-state index in [1.807, 2.05) is 0 Å². The summed E-state index contributed by atoms with van der Waals surface area (Å²) >= 11 is 6.56. The number of nitrogens with one attached hydrogen (secondary N) is 1. The molecule has 106 valence electrons. The lowest BCUT2D eigenvalue weighted by atomic mass is 10.3. The fraction of sp³-hybridized carbons (Fsp3) is 0.0909. The third-order valence-corrected chi connectivity index (χ3v) is 3.53. The second kappa shape index (κ2) is 5.68. The molecule has 0 aliphatic carbocycles. The van der Waals surface area contributed by atoms with Crippen molar-refractivity contribution < 1.29 is 22.7 Å². The fourth-order valence-corrected chi connectivity index (χ4v) is 2.45. The third kappa shape index (κ3) is 2.86. The second-order valence-electron chi connectivity index (χ2n) is 3.51. The smallest absolute Gasteiger partial charge is 0.351 e. The van der Waals surface area contributed by atoms with Crippen LogP contribution in [0.15, 0.2) is 12.1 Å². The molecule has 0 bridgehead atoms. The molecule has 2 rings (SSSR count). The van der Waals surface area contributed by atoms with E-state index < -0.39 is 23.4 Å². The van der Waals surface area contributed by atoms with Gasteiger partial charge in [-0.05, 0) is 0 Å². The van der Waals surface area contributed by atoms with Crippen LogP contribution < -0.4 is 5.32 Å². The van der Waals surface area contributed by atoms with E-state index in [1.54, 1.807) is 0 Å². The van der Waals surface area contributed by atoms with E-state index in [2.05, 4.69) is 15.0 Å². The van der Waals surface area contributed by atoms with E-state index >= 15 is 0 Å². The molecule has 0 unspecified atom stereocenters. The van der Waals surface area contributed by atoms with Crippen LogP contribution in [0.5, 0.6) is 0 Å². The van der Waals surface area contributed by atoms with Gasteiger partial charge >= 0.3 is 5.97 Å². The predicted molar refractivity (Wildman–Crippen MR) is 68.1 cm³/mol. The van der Waals surface area contributed by atoms with Crippen molar-refractivity contribution in [2.24, 2.45) is 0 Å². The van der Waals surface area contributed by atoms with E-state index in [0.29, 0.717) is 0 Å². The molecule has 1 heterocycles. The van der Waals surface area contributed by atoms with Crippen LogP contribution in [-0.2, 0) is 4.74 Å². The SMILES string of the molecule is COC(=O)c1sc(Nc2cc(F)c(F)c(F)c2)nc1Cl. The first-order valence-electron chi connectivity index (χ1n) is 5.08. The van der Waals surface area contributed by atoms with Crippen molar-refractivity contribution >= 4 is 39.7 Å². The standard InChI is InChI=1S/C11H6ClF3N2O2S/c1-19-10(18)8-9(12)17-11(20-8)16-4-2-5(13)7(15)6(14)3-4/h2-3H,1H3,(H,16,17). The quantitative estimate of drug-likeness (QED) is 0.691. The summed E-state index contributed by atoms with van der Waals surface area (Å²) in [7, 11) is 1.18. The zero-order chi connectivity index (χ0) is 14.9. The average Bonchev–Trinajstić information content (AvgIpc) is 2.75. The van der Waals surface area contributed by atoms with Crippen molar-refractivity contribution in [1.29, 1.82) is 0 Å². The summed E-state index contributed by atoms with van der Waals surface area (Å²) in [5.41, 5.74) is -0.0665. The van der Waals surface area contributed by atoms with Gasteiger partial charge in [0.1, 0.15) is 0 Å². The van der Waals surface area contributed by atoms with Gasteiger partial charge in [-0.1, -0.05) is 22.9 Å². The largest absolute Gasteiger partial charge is 0.465 e. The minimum absolute atomic E-state index is 0.0414. The number of nitrogens with zero attached hydrogens (tertiary/aromatic N) is 1. The van der Waals surface area contributed by atoms with Gasteiger partial charge in [-0.3, -0.25) is 0 Å². The third-order valence-electron chi connectivity index (χ3n) is 2.19. The molecular weight excluding hydrogens is 317 g/mol. The van der Waals surface area contributed by atoms with Crippen LogP contribution >= 0.6 is 22.9 Å². The number of thiazole rings is 1. The number of rotatable bonds is 3. The molecule has 9 heteroatoms. The molecule has 0 aliphatic rings. The topological polar surface area (TPSA) is 51.2 Å². The lowest BCUT2D eigenvalue weighted by molar-refractivity contribution is 0.0606. The van der Waals surface area contributed by atoms with Crippen molar-refractivity contribution in [3.63, 3.8) is 0 Å². The van der Waals surface area contributed by atoms with Crippen LogP contribution in [0.3, 0.4) is 0 Å². The molecule has 0 saturated heterocycles. The van der Waals surface area contributed by atoms with Crippen LogP contribution in [0, 0.1) is 17.5 Å². The summed E-state index contributed by atoms with van der Waals surface area (Å²) in [6, 6.07) is 1.51. The minimum atomic E-state index is -1.57. The molecule has 0 atom stereocenters. The van der Waals surface area contributed by atoms with Gasteiger partial charge in [0, 0.05) is 17.8 Å². The lowest BCUT2D eigenvalue weighted by Crippen LogP contribution is -1.98. The van der Waals surface area contributed by atoms with Gasteiger partial charge in [0.05, 0.1) is 7.11 Å². The number of hydrogen-bond donors (Lipinski definition) is 1. The Morgan fingerprint density at radius 1 is 1.35 bits per heavy atom. The monoisotopic (exact) mass is 322 g/mol. The molecule has 0 amide bonds. The van der Waals surface area contributed by atoms with E-state index in [4.69, 9.17) is 11.6 Å². The van der Waals surface area contributed by atoms with Crippen molar-refractivity contribution in [1.82, 2.24) is 4.98 Å². The number of carbonyl (C=O) groups excluding carboxylic acids is 1. The van der Waals surface area contributed by atoms with E-state index in [0.717, 1.165) is 23.5 Å². The van der Waals surface area contributed by atoms with Crippen molar-refractivity contribution in [2.75, 3.05) is 12.4 Å². The van der Waals surface area contributed by atoms with Crippen molar-refractivity contribution in [3.05, 3.63) is 39.6 Å². The number of ether oxygens (including phenoxy) is 1. The van der Waals surface area contributed by atoms with E-state index in [1.165, 1.54) is 7.11 Å². The predicted octanol–water partition coefficient (Wildman–Crippen LogP) is 3.74. The molecule has 4 nitrogen and oxygen atoms in total. The Morgan fingerprint density at radius 2 is 1.95 bits per heavy atom. The molecule has 0 saturated carbocycles. The number of esters is 1. The van der Waals surface area contributed by atoms with Crippen LogP contribution in [0.25, 0.3) is 0 Å². The zero-order valence-corrected chi connectivity index (χ0v) is 11.4. The molecule has 0 aliphatic heterocycles. The highest BCUT2D eigenvalue weighted by Gasteiger charge is 2.18. The fourth-order valence-electron chi connectivity index (χ4n) is 1.32. The molecule has 1 aromatic heterocycles. The summed E-state index contributed by atoms with van der Waals surface area (Å²) in [5, 5.41) is 2.53. The van der Waals surface area contributed by atoms with Crippen LogP contribution in [0.4, 0.5) is 24.0 Å². The van der Waals surface area contributed by atoms with Gasteiger partial charge in [0.15, 0.2) is 32.6 Å². The van der Waals surface area contributed by atoms with Gasteiger partial charge in [0.25, 0.3) is 0 Å². The summed E-state index contributed by atoms with van der Waals surface area (Å²) in [6.07, 6.45) is 0. The first-order chi connectivity index (χ1) is 9.42. The summed E-state index contributed by atoms with van der Waals surface area (Å²) in [4.78, 5) is 15.2. The van der Waals surface area contributed by atoms with Gasteiger partial charge in [0.2, 0.25) is 0 Å². The summed E-state index contributed by atoms with van der Waals surface area (Å²) < 4.78 is 43.4. The van der Waals surface area contributed by atoms with Crippen LogP contribution in [0.1, 0.15) is 9.67 Å². The van der Waals surface area contributed by atoms with E-state index in [9.17, 15) is 18.0 Å². The van der Waals surface area contributed by atoms with Crippen molar-refractivity contribution in [3.8, 4) is 0 Å². The Balaban J connectivity index is 2.29. The Kier molecular flexibility index (Phi) is 4.15. The maximum absolute atomic E-state index is 13.0. The number of benzene rings is 1. The van der Waals surface area contributed by atoms with Crippen molar-refractivity contribution in [2.45, 2.75) is 0 Å². The highest BCUT2D eigenvalue weighted by molar-refractivity contribution is 7.18. The molecule has 1 N–H and O–H groups in total. The lowest BCUT2D eigenvalue weighted by Gasteiger charge is -2.03. The number of hydrogen-bond acceptors (Lipinski definition) is 5. The molecular formula is C11H6ClF3N2O2S. The number of aromatic nitrogens is 1. The molecule has 20 heavy (non-hydrogen) atoms. The Hall–Kier alpha value is -1.80. The van der Waals surface area contributed by atoms with Gasteiger partial charge < -0.3 is 10.1 Å². The maximum atomic E-state index is 13.0. The normalized spacial score (nSPS) is 10.4. The molecule has 0 spiro atoms. The van der Waals surface area contributed by atoms with Crippen LogP contribution in [-0.4, -0.2) is 18.1 Å². The van der Waals surface area contributed by atoms with Gasteiger partial charge in [-0.25, -0.2) is 22.9 Å². The molecule has 1 aromatic carbocycles. The van der Waals surface area contributed by atoms with Crippen LogP contribution in [0.2, 0.25) is 5.15 Å². The Bertz CT molecular complexity index is 655. The highest BCUT2D eigenvalue weighted by Crippen LogP contribution is 2.30. The van der Waals surface area contributed by atoms with Gasteiger partial charge in [-0.2, -0.15) is 0 Å². The number of methoxy groups -OCH3 is 1. The van der Waals surface area contributed by atoms with Gasteiger partial charge in [-0.15, -0.1) is 0 Å². The summed E-state index contributed by atoms with van der Waals surface area (Å²) in [5.74, 6) is -4.94. The molecule has 0 fully saturated rings. The summed E-state index contributed by atoms with van der Waals surface area (Å²) in [6.45, 7) is 0. The number of halogens is 4. The van der Waals surface area contributed by atoms with E-state index in [-0.39, 0.29) is 20.8 Å². The first kappa shape index (κ1) is 14.6. The average molecular weight is 323 g/mol. The second-order valence-corrected chi connectivity index (χ2v) is 4.87. The molecule has 0 radical (unpaired) electrons.